The summed E-state index contributed by atoms with van der Waals surface area (Å²) in [5, 5.41) is 1.04. The zero-order chi connectivity index (χ0) is 10.3. The highest BCUT2D eigenvalue weighted by Gasteiger charge is 2.09. The number of benzene rings is 1. The molecule has 0 aliphatic carbocycles. The fraction of sp³-hybridized carbons (Fsp3) is 0.222. The number of hydrogen-bond donors (Lipinski definition) is 0. The molecule has 1 aromatic heterocycles. The maximum atomic E-state index is 5.91. The van der Waals surface area contributed by atoms with Gasteiger partial charge in [0.1, 0.15) is 5.82 Å². The molecule has 0 unspecified atom stereocenters. The summed E-state index contributed by atoms with van der Waals surface area (Å²) in [6.07, 6.45) is 0. The van der Waals surface area contributed by atoms with Crippen molar-refractivity contribution in [1.82, 2.24) is 9.55 Å². The van der Waals surface area contributed by atoms with Crippen LogP contribution >= 0.6 is 34.8 Å². The summed E-state index contributed by atoms with van der Waals surface area (Å²) < 4.78 is 1.91. The highest BCUT2D eigenvalue weighted by atomic mass is 35.5. The largest absolute Gasteiger partial charge is 0.330 e. The molecule has 0 saturated carbocycles. The summed E-state index contributed by atoms with van der Waals surface area (Å²) in [6.45, 7) is 0. The van der Waals surface area contributed by atoms with Crippen LogP contribution in [-0.4, -0.2) is 9.55 Å². The molecule has 2 nitrogen and oxygen atoms in total. The minimum atomic E-state index is 0.375. The Labute approximate surface area is 96.4 Å². The number of aryl methyl sites for hydroxylation is 1. The van der Waals surface area contributed by atoms with E-state index in [9.17, 15) is 0 Å². The molecular formula is C9H7Cl3N2. The van der Waals surface area contributed by atoms with Crippen molar-refractivity contribution in [3.8, 4) is 0 Å². The van der Waals surface area contributed by atoms with E-state index in [2.05, 4.69) is 4.98 Å². The molecule has 2 rings (SSSR count). The third-order valence-corrected chi connectivity index (χ3v) is 3.10. The predicted molar refractivity (Wildman–Crippen MR) is 60.3 cm³/mol. The van der Waals surface area contributed by atoms with Gasteiger partial charge in [0.2, 0.25) is 0 Å². The van der Waals surface area contributed by atoms with Crippen LogP contribution in [0.3, 0.4) is 0 Å². The third-order valence-electron chi connectivity index (χ3n) is 2.14. The Bertz CT molecular complexity index is 490. The second-order valence-electron chi connectivity index (χ2n) is 2.98. The van der Waals surface area contributed by atoms with Gasteiger partial charge in [0.25, 0.3) is 0 Å². The van der Waals surface area contributed by atoms with Crippen LogP contribution < -0.4 is 0 Å². The number of nitrogens with zero attached hydrogens (tertiary/aromatic N) is 2. The molecule has 0 saturated heterocycles. The first kappa shape index (κ1) is 10.1. The number of imidazole rings is 1. The standard InChI is InChI=1S/C9H7Cl3N2/c1-14-8-3-6(12)5(11)2-7(8)13-9(14)4-10/h2-3H,4H2,1H3. The van der Waals surface area contributed by atoms with E-state index in [0.29, 0.717) is 15.9 Å². The van der Waals surface area contributed by atoms with Gasteiger partial charge < -0.3 is 4.57 Å². The van der Waals surface area contributed by atoms with Crippen LogP contribution in [0.1, 0.15) is 5.82 Å². The topological polar surface area (TPSA) is 17.8 Å². The van der Waals surface area contributed by atoms with E-state index >= 15 is 0 Å². The average Bonchev–Trinajstić information content (AvgIpc) is 2.45. The van der Waals surface area contributed by atoms with Gasteiger partial charge in [0, 0.05) is 7.05 Å². The van der Waals surface area contributed by atoms with Gasteiger partial charge >= 0.3 is 0 Å². The lowest BCUT2D eigenvalue weighted by molar-refractivity contribution is 0.874. The quantitative estimate of drug-likeness (QED) is 0.706. The maximum Gasteiger partial charge on any atom is 0.124 e. The third kappa shape index (κ3) is 1.48. The number of alkyl halides is 1. The van der Waals surface area contributed by atoms with Crippen LogP contribution in [0.4, 0.5) is 0 Å². The van der Waals surface area contributed by atoms with Gasteiger partial charge in [-0.25, -0.2) is 4.98 Å². The lowest BCUT2D eigenvalue weighted by Crippen LogP contribution is -1.93. The molecule has 1 aromatic carbocycles. The molecule has 0 fully saturated rings. The average molecular weight is 250 g/mol. The van der Waals surface area contributed by atoms with Crippen molar-refractivity contribution >= 4 is 45.8 Å². The molecule has 0 atom stereocenters. The minimum absolute atomic E-state index is 0.375. The summed E-state index contributed by atoms with van der Waals surface area (Å²) in [7, 11) is 1.90. The molecular weight excluding hydrogens is 242 g/mol. The maximum absolute atomic E-state index is 5.91. The molecule has 5 heteroatoms. The summed E-state index contributed by atoms with van der Waals surface area (Å²) in [5.41, 5.74) is 1.76. The zero-order valence-corrected chi connectivity index (χ0v) is 9.66. The monoisotopic (exact) mass is 248 g/mol. The normalized spacial score (nSPS) is 11.1. The predicted octanol–water partition coefficient (Wildman–Crippen LogP) is 3.62. The summed E-state index contributed by atoms with van der Waals surface area (Å²) in [4.78, 5) is 4.32. The van der Waals surface area contributed by atoms with E-state index in [0.717, 1.165) is 16.9 Å². The van der Waals surface area contributed by atoms with Gasteiger partial charge in [0.15, 0.2) is 0 Å². The Morgan fingerprint density at radius 2 is 1.93 bits per heavy atom. The van der Waals surface area contributed by atoms with Gasteiger partial charge in [-0.05, 0) is 12.1 Å². The summed E-state index contributed by atoms with van der Waals surface area (Å²) in [6, 6.07) is 3.54. The highest BCUT2D eigenvalue weighted by Crippen LogP contribution is 2.27. The van der Waals surface area contributed by atoms with Crippen LogP contribution in [0.15, 0.2) is 12.1 Å². The zero-order valence-electron chi connectivity index (χ0n) is 7.39. The Balaban J connectivity index is 2.80. The number of halogens is 3. The molecule has 0 aliphatic rings. The summed E-state index contributed by atoms with van der Waals surface area (Å²) >= 11 is 17.5. The molecule has 0 amide bonds. The van der Waals surface area contributed by atoms with Crippen LogP contribution in [0.5, 0.6) is 0 Å². The van der Waals surface area contributed by atoms with Crippen molar-refractivity contribution in [2.45, 2.75) is 5.88 Å². The van der Waals surface area contributed by atoms with Gasteiger partial charge in [-0.15, -0.1) is 11.6 Å². The van der Waals surface area contributed by atoms with E-state index in [1.807, 2.05) is 11.6 Å². The molecule has 74 valence electrons. The fourth-order valence-corrected chi connectivity index (χ4v) is 1.91. The van der Waals surface area contributed by atoms with Crippen molar-refractivity contribution in [2.24, 2.45) is 7.05 Å². The Morgan fingerprint density at radius 3 is 2.57 bits per heavy atom. The fourth-order valence-electron chi connectivity index (χ4n) is 1.36. The molecule has 0 spiro atoms. The van der Waals surface area contributed by atoms with Crippen molar-refractivity contribution in [1.29, 1.82) is 0 Å². The lowest BCUT2D eigenvalue weighted by atomic mass is 10.3. The Morgan fingerprint density at radius 1 is 1.29 bits per heavy atom. The Kier molecular flexibility index (Phi) is 2.60. The van der Waals surface area contributed by atoms with E-state index < -0.39 is 0 Å². The molecule has 0 aliphatic heterocycles. The number of aromatic nitrogens is 2. The highest BCUT2D eigenvalue weighted by molar-refractivity contribution is 6.42. The molecule has 0 radical (unpaired) electrons. The van der Waals surface area contributed by atoms with E-state index in [1.165, 1.54) is 0 Å². The van der Waals surface area contributed by atoms with Gasteiger partial charge in [0.05, 0.1) is 27.0 Å². The molecule has 1 heterocycles. The lowest BCUT2D eigenvalue weighted by Gasteiger charge is -1.98. The van der Waals surface area contributed by atoms with E-state index in [4.69, 9.17) is 34.8 Å². The molecule has 2 aromatic rings. The molecule has 0 N–H and O–H groups in total. The minimum Gasteiger partial charge on any atom is -0.330 e. The Hall–Kier alpha value is -0.440. The molecule has 14 heavy (non-hydrogen) atoms. The first-order valence-electron chi connectivity index (χ1n) is 4.00. The smallest absolute Gasteiger partial charge is 0.124 e. The number of fused-ring (bicyclic) bond motifs is 1. The van der Waals surface area contributed by atoms with Crippen LogP contribution in [0.25, 0.3) is 11.0 Å². The van der Waals surface area contributed by atoms with Gasteiger partial charge in [-0.2, -0.15) is 0 Å². The summed E-state index contributed by atoms with van der Waals surface area (Å²) in [5.74, 6) is 1.18. The van der Waals surface area contributed by atoms with Crippen molar-refractivity contribution in [3.05, 3.63) is 28.0 Å². The first-order valence-corrected chi connectivity index (χ1v) is 5.29. The van der Waals surface area contributed by atoms with E-state index in [-0.39, 0.29) is 0 Å². The van der Waals surface area contributed by atoms with Crippen LogP contribution in [0.2, 0.25) is 10.0 Å². The van der Waals surface area contributed by atoms with Crippen molar-refractivity contribution in [3.63, 3.8) is 0 Å². The van der Waals surface area contributed by atoms with Crippen LogP contribution in [0, 0.1) is 0 Å². The van der Waals surface area contributed by atoms with Gasteiger partial charge in [-0.1, -0.05) is 23.2 Å². The number of hydrogen-bond acceptors (Lipinski definition) is 1. The second kappa shape index (κ2) is 3.61. The first-order chi connectivity index (χ1) is 6.63. The van der Waals surface area contributed by atoms with Gasteiger partial charge in [-0.3, -0.25) is 0 Å². The van der Waals surface area contributed by atoms with E-state index in [1.54, 1.807) is 12.1 Å². The number of rotatable bonds is 1. The van der Waals surface area contributed by atoms with Crippen molar-refractivity contribution < 1.29 is 0 Å². The SMILES string of the molecule is Cn1c(CCl)nc2cc(Cl)c(Cl)cc21. The van der Waals surface area contributed by atoms with Crippen molar-refractivity contribution in [2.75, 3.05) is 0 Å². The van der Waals surface area contributed by atoms with Crippen LogP contribution in [-0.2, 0) is 12.9 Å². The second-order valence-corrected chi connectivity index (χ2v) is 4.06. The molecule has 0 bridgehead atoms.